The van der Waals surface area contributed by atoms with Crippen molar-refractivity contribution in [1.29, 1.82) is 0 Å². The van der Waals surface area contributed by atoms with Crippen LogP contribution < -0.4 is 19.6 Å². The van der Waals surface area contributed by atoms with Crippen LogP contribution in [0.25, 0.3) is 0 Å². The Labute approximate surface area is 133 Å². The number of hydrazone groups is 1. The molecule has 0 unspecified atom stereocenters. The highest BCUT2D eigenvalue weighted by molar-refractivity contribution is 5.93. The molecule has 8 nitrogen and oxygen atoms in total. The van der Waals surface area contributed by atoms with Crippen molar-refractivity contribution < 1.29 is 19.0 Å². The summed E-state index contributed by atoms with van der Waals surface area (Å²) in [6.07, 6.45) is 1.46. The maximum Gasteiger partial charge on any atom is 0.291 e. The highest BCUT2D eigenvalue weighted by Gasteiger charge is 2.14. The lowest BCUT2D eigenvalue weighted by Gasteiger charge is -2.13. The Morgan fingerprint density at radius 3 is 2.52 bits per heavy atom. The summed E-state index contributed by atoms with van der Waals surface area (Å²) >= 11 is 0. The second kappa shape index (κ2) is 7.30. The van der Waals surface area contributed by atoms with E-state index in [1.807, 2.05) is 6.92 Å². The summed E-state index contributed by atoms with van der Waals surface area (Å²) in [6.45, 7) is 1.81. The average molecular weight is 318 g/mol. The third-order valence-corrected chi connectivity index (χ3v) is 3.04. The van der Waals surface area contributed by atoms with Gasteiger partial charge < -0.3 is 14.2 Å². The molecule has 0 radical (unpaired) electrons. The molecule has 0 spiro atoms. The number of H-pyrrole nitrogens is 1. The Bertz CT molecular complexity index is 724. The summed E-state index contributed by atoms with van der Waals surface area (Å²) < 4.78 is 15.8. The molecule has 0 fully saturated rings. The zero-order valence-corrected chi connectivity index (χ0v) is 13.3. The first-order chi connectivity index (χ1) is 11.1. The van der Waals surface area contributed by atoms with E-state index in [0.29, 0.717) is 22.8 Å². The largest absolute Gasteiger partial charge is 0.493 e. The van der Waals surface area contributed by atoms with E-state index in [2.05, 4.69) is 20.7 Å². The lowest BCUT2D eigenvalue weighted by molar-refractivity contribution is 0.0950. The van der Waals surface area contributed by atoms with Crippen LogP contribution in [0.1, 0.15) is 21.7 Å². The van der Waals surface area contributed by atoms with Crippen LogP contribution in [0.3, 0.4) is 0 Å². The molecule has 1 aromatic carbocycles. The number of ether oxygens (including phenoxy) is 3. The molecular weight excluding hydrogens is 300 g/mol. The van der Waals surface area contributed by atoms with Crippen molar-refractivity contribution in [2.24, 2.45) is 5.10 Å². The maximum absolute atomic E-state index is 11.8. The lowest BCUT2D eigenvalue weighted by atomic mass is 10.2. The van der Waals surface area contributed by atoms with E-state index in [4.69, 9.17) is 14.2 Å². The van der Waals surface area contributed by atoms with Crippen LogP contribution in [0.15, 0.2) is 23.3 Å². The quantitative estimate of drug-likeness (QED) is 0.621. The fourth-order valence-corrected chi connectivity index (χ4v) is 1.98. The number of carbonyl (C=O) groups is 1. The number of hydrogen-bond donors (Lipinski definition) is 2. The van der Waals surface area contributed by atoms with Crippen LogP contribution >= 0.6 is 0 Å². The number of rotatable bonds is 6. The van der Waals surface area contributed by atoms with Gasteiger partial charge in [-0.05, 0) is 25.1 Å². The number of nitrogens with zero attached hydrogens (tertiary/aromatic N) is 2. The average Bonchev–Trinajstić information content (AvgIpc) is 3.00. The molecule has 0 saturated carbocycles. The summed E-state index contributed by atoms with van der Waals surface area (Å²) in [6, 6.07) is 5.10. The van der Waals surface area contributed by atoms with E-state index in [-0.39, 0.29) is 5.69 Å². The van der Waals surface area contributed by atoms with Crippen molar-refractivity contribution in [2.45, 2.75) is 6.92 Å². The van der Waals surface area contributed by atoms with Gasteiger partial charge >= 0.3 is 0 Å². The number of aryl methyl sites for hydroxylation is 1. The third kappa shape index (κ3) is 3.60. The first kappa shape index (κ1) is 16.3. The zero-order chi connectivity index (χ0) is 16.8. The van der Waals surface area contributed by atoms with E-state index in [1.165, 1.54) is 27.5 Å². The smallest absolute Gasteiger partial charge is 0.291 e. The van der Waals surface area contributed by atoms with Gasteiger partial charge in [-0.15, -0.1) is 0 Å². The predicted molar refractivity (Wildman–Crippen MR) is 84.5 cm³/mol. The molecule has 0 bridgehead atoms. The molecule has 0 saturated heterocycles. The summed E-state index contributed by atoms with van der Waals surface area (Å²) in [7, 11) is 4.57. The molecule has 8 heteroatoms. The number of aromatic amines is 1. The van der Waals surface area contributed by atoms with Gasteiger partial charge in [-0.2, -0.15) is 10.2 Å². The number of benzene rings is 1. The molecule has 0 aliphatic heterocycles. The number of hydrogen-bond acceptors (Lipinski definition) is 6. The van der Waals surface area contributed by atoms with E-state index in [9.17, 15) is 4.79 Å². The van der Waals surface area contributed by atoms with Gasteiger partial charge in [0.25, 0.3) is 5.91 Å². The molecule has 0 aliphatic carbocycles. The summed E-state index contributed by atoms with van der Waals surface area (Å²) in [5.74, 6) is 1.04. The first-order valence-electron chi connectivity index (χ1n) is 6.75. The predicted octanol–water partition coefficient (Wildman–Crippen LogP) is 1.51. The fourth-order valence-electron chi connectivity index (χ4n) is 1.98. The van der Waals surface area contributed by atoms with Crippen LogP contribution in [0.5, 0.6) is 17.2 Å². The van der Waals surface area contributed by atoms with Gasteiger partial charge in [0.1, 0.15) is 0 Å². The maximum atomic E-state index is 11.8. The number of aromatic nitrogens is 2. The minimum Gasteiger partial charge on any atom is -0.493 e. The molecular formula is C15H18N4O4. The van der Waals surface area contributed by atoms with Gasteiger partial charge in [-0.25, -0.2) is 5.43 Å². The fraction of sp³-hybridized carbons (Fsp3) is 0.267. The Balaban J connectivity index is 2.17. The van der Waals surface area contributed by atoms with Gasteiger partial charge in [-0.3, -0.25) is 9.89 Å². The zero-order valence-electron chi connectivity index (χ0n) is 13.3. The number of methoxy groups -OCH3 is 3. The molecule has 0 atom stereocenters. The molecule has 0 aliphatic rings. The van der Waals surface area contributed by atoms with Crippen LogP contribution in [-0.4, -0.2) is 43.6 Å². The number of amides is 1. The van der Waals surface area contributed by atoms with E-state index in [1.54, 1.807) is 18.2 Å². The van der Waals surface area contributed by atoms with E-state index in [0.717, 1.165) is 5.69 Å². The van der Waals surface area contributed by atoms with E-state index >= 15 is 0 Å². The van der Waals surface area contributed by atoms with Crippen LogP contribution in [0.2, 0.25) is 0 Å². The van der Waals surface area contributed by atoms with Gasteiger partial charge in [0.05, 0.1) is 27.5 Å². The standard InChI is InChI=1S/C15H18N4O4/c1-9-7-11(18-17-9)15(20)19-16-8-10-5-6-12(21-2)14(23-4)13(10)22-3/h5-8H,1-4H3,(H,17,18)(H,19,20)/b16-8-. The first-order valence-corrected chi connectivity index (χ1v) is 6.75. The molecule has 1 heterocycles. The Kier molecular flexibility index (Phi) is 5.19. The summed E-state index contributed by atoms with van der Waals surface area (Å²) in [5.41, 5.74) is 4.08. The summed E-state index contributed by atoms with van der Waals surface area (Å²) in [4.78, 5) is 11.8. The molecule has 2 aromatic rings. The minimum atomic E-state index is -0.412. The van der Waals surface area contributed by atoms with Gasteiger partial charge in [-0.1, -0.05) is 0 Å². The molecule has 122 valence electrons. The van der Waals surface area contributed by atoms with Gasteiger partial charge in [0, 0.05) is 11.3 Å². The molecule has 2 rings (SSSR count). The van der Waals surface area contributed by atoms with Crippen molar-refractivity contribution in [3.63, 3.8) is 0 Å². The minimum absolute atomic E-state index is 0.263. The second-order valence-corrected chi connectivity index (χ2v) is 4.56. The van der Waals surface area contributed by atoms with Crippen molar-refractivity contribution >= 4 is 12.1 Å². The Morgan fingerprint density at radius 2 is 1.96 bits per heavy atom. The summed E-state index contributed by atoms with van der Waals surface area (Å²) in [5, 5.41) is 10.5. The second-order valence-electron chi connectivity index (χ2n) is 4.56. The van der Waals surface area contributed by atoms with E-state index < -0.39 is 5.91 Å². The monoisotopic (exact) mass is 318 g/mol. The van der Waals surface area contributed by atoms with Crippen LogP contribution in [-0.2, 0) is 0 Å². The van der Waals surface area contributed by atoms with Gasteiger partial charge in [0.15, 0.2) is 17.2 Å². The molecule has 23 heavy (non-hydrogen) atoms. The van der Waals surface area contributed by atoms with Crippen molar-refractivity contribution in [3.05, 3.63) is 35.2 Å². The number of nitrogens with one attached hydrogen (secondary N) is 2. The Hall–Kier alpha value is -3.03. The topological polar surface area (TPSA) is 97.8 Å². The normalized spacial score (nSPS) is 10.6. The van der Waals surface area contributed by atoms with Crippen LogP contribution in [0.4, 0.5) is 0 Å². The lowest BCUT2D eigenvalue weighted by Crippen LogP contribution is -2.18. The molecule has 1 amide bonds. The third-order valence-electron chi connectivity index (χ3n) is 3.04. The van der Waals surface area contributed by atoms with Crippen molar-refractivity contribution in [3.8, 4) is 17.2 Å². The highest BCUT2D eigenvalue weighted by Crippen LogP contribution is 2.38. The van der Waals surface area contributed by atoms with Crippen molar-refractivity contribution in [2.75, 3.05) is 21.3 Å². The Morgan fingerprint density at radius 1 is 1.22 bits per heavy atom. The SMILES string of the molecule is COc1ccc(/C=N\NC(=O)c2cc(C)[nH]n2)c(OC)c1OC. The van der Waals surface area contributed by atoms with Gasteiger partial charge in [0.2, 0.25) is 5.75 Å². The highest BCUT2D eigenvalue weighted by atomic mass is 16.5. The van der Waals surface area contributed by atoms with Crippen LogP contribution in [0, 0.1) is 6.92 Å². The van der Waals surface area contributed by atoms with Crippen molar-refractivity contribution in [1.82, 2.24) is 15.6 Å². The molecule has 2 N–H and O–H groups in total. The number of carbonyl (C=O) groups excluding carboxylic acids is 1. The molecule has 1 aromatic heterocycles.